The summed E-state index contributed by atoms with van der Waals surface area (Å²) in [6, 6.07) is 7.41. The first-order valence-electron chi connectivity index (χ1n) is 6.21. The quantitative estimate of drug-likeness (QED) is 0.878. The van der Waals surface area contributed by atoms with Crippen molar-refractivity contribution in [1.29, 1.82) is 0 Å². The summed E-state index contributed by atoms with van der Waals surface area (Å²) in [7, 11) is 0. The van der Waals surface area contributed by atoms with Gasteiger partial charge in [0.15, 0.2) is 0 Å². The van der Waals surface area contributed by atoms with Crippen LogP contribution < -0.4 is 5.32 Å². The Morgan fingerprint density at radius 3 is 2.94 bits per heavy atom. The fourth-order valence-electron chi connectivity index (χ4n) is 2.23. The molecule has 90 valence electrons. The molecule has 0 amide bonds. The average Bonchev–Trinajstić information content (AvgIpc) is 3.08. The summed E-state index contributed by atoms with van der Waals surface area (Å²) in [5, 5.41) is 5.05. The maximum Gasteiger partial charge on any atom is 0.0349 e. The molecule has 1 nitrogen and oxygen atoms in total. The Labute approximate surface area is 114 Å². The van der Waals surface area contributed by atoms with Crippen LogP contribution in [-0.4, -0.2) is 6.04 Å². The molecule has 1 aromatic heterocycles. The molecular weight excluding hydrogens is 294 g/mol. The maximum absolute atomic E-state index is 3.62. The lowest BCUT2D eigenvalue weighted by Crippen LogP contribution is -2.15. The van der Waals surface area contributed by atoms with Crippen LogP contribution in [0.25, 0.3) is 10.1 Å². The van der Waals surface area contributed by atoms with E-state index in [9.17, 15) is 0 Å². The van der Waals surface area contributed by atoms with Crippen molar-refractivity contribution >= 4 is 37.4 Å². The molecule has 0 saturated heterocycles. The molecular formula is C14H16BrNS. The number of thiophene rings is 1. The first-order chi connectivity index (χ1) is 8.28. The van der Waals surface area contributed by atoms with Crippen molar-refractivity contribution in [3.63, 3.8) is 0 Å². The van der Waals surface area contributed by atoms with E-state index in [0.29, 0.717) is 0 Å². The van der Waals surface area contributed by atoms with Crippen LogP contribution in [0.5, 0.6) is 0 Å². The van der Waals surface area contributed by atoms with Crippen molar-refractivity contribution in [2.45, 2.75) is 38.8 Å². The van der Waals surface area contributed by atoms with Gasteiger partial charge in [0.05, 0.1) is 0 Å². The molecule has 0 atom stereocenters. The molecule has 1 aliphatic carbocycles. The van der Waals surface area contributed by atoms with Gasteiger partial charge in [0, 0.05) is 26.6 Å². The number of hydrogen-bond acceptors (Lipinski definition) is 2. The molecule has 2 aromatic rings. The Hall–Kier alpha value is -0.380. The Balaban J connectivity index is 1.97. The molecule has 17 heavy (non-hydrogen) atoms. The largest absolute Gasteiger partial charge is 0.309 e. The normalized spacial score (nSPS) is 15.6. The van der Waals surface area contributed by atoms with Gasteiger partial charge in [-0.25, -0.2) is 0 Å². The van der Waals surface area contributed by atoms with E-state index in [1.807, 2.05) is 11.3 Å². The summed E-state index contributed by atoms with van der Waals surface area (Å²) in [6.07, 6.45) is 3.84. The van der Waals surface area contributed by atoms with Crippen LogP contribution in [0, 0.1) is 0 Å². The van der Waals surface area contributed by atoms with Crippen LogP contribution in [0.2, 0.25) is 0 Å². The third kappa shape index (κ3) is 2.42. The minimum atomic E-state index is 0.789. The van der Waals surface area contributed by atoms with Crippen molar-refractivity contribution in [2.75, 3.05) is 0 Å². The van der Waals surface area contributed by atoms with Gasteiger partial charge >= 0.3 is 0 Å². The van der Waals surface area contributed by atoms with Crippen LogP contribution in [0.15, 0.2) is 22.7 Å². The molecule has 1 N–H and O–H groups in total. The van der Waals surface area contributed by atoms with Crippen molar-refractivity contribution in [1.82, 2.24) is 5.32 Å². The van der Waals surface area contributed by atoms with Crippen LogP contribution >= 0.6 is 27.3 Å². The summed E-state index contributed by atoms with van der Waals surface area (Å²) >= 11 is 5.51. The smallest absolute Gasteiger partial charge is 0.0349 e. The van der Waals surface area contributed by atoms with Gasteiger partial charge in [-0.2, -0.15) is 0 Å². The van der Waals surface area contributed by atoms with Crippen molar-refractivity contribution in [2.24, 2.45) is 0 Å². The predicted molar refractivity (Wildman–Crippen MR) is 78.8 cm³/mol. The van der Waals surface area contributed by atoms with Gasteiger partial charge in [0.1, 0.15) is 0 Å². The summed E-state index contributed by atoms with van der Waals surface area (Å²) < 4.78 is 2.59. The maximum atomic E-state index is 3.62. The molecule has 0 unspecified atom stereocenters. The molecule has 1 fully saturated rings. The molecule has 0 radical (unpaired) electrons. The fraction of sp³-hybridized carbons (Fsp3) is 0.429. The highest BCUT2D eigenvalue weighted by Gasteiger charge is 2.21. The van der Waals surface area contributed by atoms with E-state index in [1.54, 1.807) is 0 Å². The average molecular weight is 310 g/mol. The first kappa shape index (κ1) is 11.7. The van der Waals surface area contributed by atoms with Crippen molar-refractivity contribution in [3.05, 3.63) is 33.1 Å². The van der Waals surface area contributed by atoms with Gasteiger partial charge in [0.25, 0.3) is 0 Å². The van der Waals surface area contributed by atoms with Gasteiger partial charge in [0.2, 0.25) is 0 Å². The van der Waals surface area contributed by atoms with Crippen LogP contribution in [0.3, 0.4) is 0 Å². The van der Waals surface area contributed by atoms with Gasteiger partial charge < -0.3 is 5.32 Å². The fourth-order valence-corrected chi connectivity index (χ4v) is 3.81. The van der Waals surface area contributed by atoms with Gasteiger partial charge in [-0.05, 0) is 48.4 Å². The Kier molecular flexibility index (Phi) is 3.24. The monoisotopic (exact) mass is 309 g/mol. The van der Waals surface area contributed by atoms with Crippen LogP contribution in [-0.2, 0) is 13.0 Å². The van der Waals surface area contributed by atoms with E-state index in [4.69, 9.17) is 0 Å². The molecule has 0 aliphatic heterocycles. The van der Waals surface area contributed by atoms with Gasteiger partial charge in [-0.1, -0.05) is 22.9 Å². The molecule has 0 spiro atoms. The standard InChI is InChI=1S/C14H16BrNS/c1-2-11-12-7-9(15)3-6-13(12)17-14(11)8-16-10-4-5-10/h3,6-7,10,16H,2,4-5,8H2,1H3. The summed E-state index contributed by atoms with van der Waals surface area (Å²) in [6.45, 7) is 3.30. The van der Waals surface area contributed by atoms with Crippen LogP contribution in [0.1, 0.15) is 30.2 Å². The second-order valence-corrected chi connectivity index (χ2v) is 6.71. The summed E-state index contributed by atoms with van der Waals surface area (Å²) in [5.74, 6) is 0. The lowest BCUT2D eigenvalue weighted by Gasteiger charge is -2.03. The molecule has 3 rings (SSSR count). The number of aryl methyl sites for hydroxylation is 1. The van der Waals surface area contributed by atoms with Crippen molar-refractivity contribution < 1.29 is 0 Å². The van der Waals surface area contributed by atoms with E-state index >= 15 is 0 Å². The van der Waals surface area contributed by atoms with E-state index in [2.05, 4.69) is 46.4 Å². The minimum Gasteiger partial charge on any atom is -0.309 e. The Morgan fingerprint density at radius 1 is 1.41 bits per heavy atom. The molecule has 1 heterocycles. The van der Waals surface area contributed by atoms with Gasteiger partial charge in [-0.15, -0.1) is 11.3 Å². The number of fused-ring (bicyclic) bond motifs is 1. The number of hydrogen-bond donors (Lipinski definition) is 1. The molecule has 3 heteroatoms. The summed E-state index contributed by atoms with van der Waals surface area (Å²) in [4.78, 5) is 1.52. The van der Waals surface area contributed by atoms with E-state index in [0.717, 1.165) is 19.0 Å². The Morgan fingerprint density at radius 2 is 2.24 bits per heavy atom. The van der Waals surface area contributed by atoms with Crippen LogP contribution in [0.4, 0.5) is 0 Å². The third-order valence-corrected chi connectivity index (χ3v) is 5.02. The number of halogens is 1. The highest BCUT2D eigenvalue weighted by molar-refractivity contribution is 9.10. The lowest BCUT2D eigenvalue weighted by molar-refractivity contribution is 0.692. The zero-order chi connectivity index (χ0) is 11.8. The van der Waals surface area contributed by atoms with Gasteiger partial charge in [-0.3, -0.25) is 0 Å². The van der Waals surface area contributed by atoms with E-state index in [-0.39, 0.29) is 0 Å². The zero-order valence-corrected chi connectivity index (χ0v) is 12.3. The van der Waals surface area contributed by atoms with E-state index in [1.165, 1.54) is 37.8 Å². The zero-order valence-electron chi connectivity index (χ0n) is 9.92. The third-order valence-electron chi connectivity index (χ3n) is 3.32. The minimum absolute atomic E-state index is 0.789. The highest BCUT2D eigenvalue weighted by Crippen LogP contribution is 2.34. The van der Waals surface area contributed by atoms with Crippen molar-refractivity contribution in [3.8, 4) is 0 Å². The highest BCUT2D eigenvalue weighted by atomic mass is 79.9. The first-order valence-corrected chi connectivity index (χ1v) is 7.82. The summed E-state index contributed by atoms with van der Waals surface area (Å²) in [5.41, 5.74) is 1.53. The molecule has 1 saturated carbocycles. The number of nitrogens with one attached hydrogen (secondary N) is 1. The molecule has 0 bridgehead atoms. The van der Waals surface area contributed by atoms with E-state index < -0.39 is 0 Å². The predicted octanol–water partition coefficient (Wildman–Crippen LogP) is 4.48. The second kappa shape index (κ2) is 4.71. The topological polar surface area (TPSA) is 12.0 Å². The number of benzene rings is 1. The second-order valence-electron chi connectivity index (χ2n) is 4.65. The lowest BCUT2D eigenvalue weighted by atomic mass is 10.1. The Bertz CT molecular complexity index is 542. The SMILES string of the molecule is CCc1c(CNC2CC2)sc2ccc(Br)cc12. The number of rotatable bonds is 4. The molecule has 1 aliphatic rings. The molecule has 1 aromatic carbocycles.